The normalized spacial score (nSPS) is 14.7. The summed E-state index contributed by atoms with van der Waals surface area (Å²) in [4.78, 5) is 32.8. The molecule has 216 valence electrons. The molecule has 0 fully saturated rings. The zero-order chi connectivity index (χ0) is 29.5. The minimum atomic E-state index is -0.830. The van der Waals surface area contributed by atoms with Crippen LogP contribution in [-0.2, 0) is 9.53 Å². The van der Waals surface area contributed by atoms with Crippen LogP contribution in [0.5, 0.6) is 23.0 Å². The third-order valence-electron chi connectivity index (χ3n) is 6.47. The van der Waals surface area contributed by atoms with Crippen LogP contribution in [0.15, 0.2) is 70.1 Å². The van der Waals surface area contributed by atoms with Crippen LogP contribution in [-0.4, -0.2) is 45.1 Å². The molecule has 0 unspecified atom stereocenters. The Labute approximate surface area is 242 Å². The van der Waals surface area contributed by atoms with E-state index in [1.165, 1.54) is 15.9 Å². The molecule has 1 aliphatic rings. The van der Waals surface area contributed by atoms with Gasteiger partial charge in [-0.15, -0.1) is 0 Å². The molecule has 10 heteroatoms. The second-order valence-electron chi connectivity index (χ2n) is 9.03. The fraction of sp³-hybridized carbons (Fsp3) is 0.323. The lowest BCUT2D eigenvalue weighted by molar-refractivity contribution is -0.139. The molecule has 4 rings (SSSR count). The number of hydrogen-bond acceptors (Lipinski definition) is 9. The molecule has 0 N–H and O–H groups in total. The summed E-state index contributed by atoms with van der Waals surface area (Å²) in [5.74, 6) is 1.64. The number of esters is 1. The largest absolute Gasteiger partial charge is 0.497 e. The van der Waals surface area contributed by atoms with E-state index in [0.717, 1.165) is 12.0 Å². The average Bonchev–Trinajstić information content (AvgIpc) is 3.29. The van der Waals surface area contributed by atoms with Gasteiger partial charge >= 0.3 is 5.97 Å². The molecule has 41 heavy (non-hydrogen) atoms. The van der Waals surface area contributed by atoms with Crippen LogP contribution in [0.2, 0.25) is 0 Å². The summed E-state index contributed by atoms with van der Waals surface area (Å²) in [6, 6.07) is 9.90. The van der Waals surface area contributed by atoms with E-state index in [4.69, 9.17) is 28.7 Å². The number of fused-ring (bicyclic) bond motifs is 1. The van der Waals surface area contributed by atoms with Gasteiger partial charge in [-0.2, -0.15) is 0 Å². The van der Waals surface area contributed by atoms with Crippen molar-refractivity contribution in [3.05, 3.63) is 91.1 Å². The molecule has 1 atom stereocenters. The lowest BCUT2D eigenvalue weighted by Gasteiger charge is -2.27. The number of aromatic nitrogens is 1. The Bertz CT molecular complexity index is 1650. The summed E-state index contributed by atoms with van der Waals surface area (Å²) < 4.78 is 29.8. The maximum atomic E-state index is 14.1. The number of thiazole rings is 1. The molecular weight excluding hydrogens is 544 g/mol. The fourth-order valence-electron chi connectivity index (χ4n) is 4.66. The Kier molecular flexibility index (Phi) is 9.67. The minimum Gasteiger partial charge on any atom is -0.497 e. The summed E-state index contributed by atoms with van der Waals surface area (Å²) in [5.41, 5.74) is 1.93. The number of hydrogen-bond donors (Lipinski definition) is 0. The molecule has 0 bridgehead atoms. The van der Waals surface area contributed by atoms with Crippen molar-refractivity contribution in [2.75, 3.05) is 34.5 Å². The number of allylic oxidation sites excluding steroid dienone is 1. The van der Waals surface area contributed by atoms with Gasteiger partial charge in [-0.3, -0.25) is 9.36 Å². The monoisotopic (exact) mass is 578 g/mol. The van der Waals surface area contributed by atoms with Crippen LogP contribution in [0.3, 0.4) is 0 Å². The summed E-state index contributed by atoms with van der Waals surface area (Å²) in [6.45, 7) is 7.95. The second kappa shape index (κ2) is 13.4. The van der Waals surface area contributed by atoms with Crippen molar-refractivity contribution in [3.8, 4) is 23.0 Å². The highest BCUT2D eigenvalue weighted by atomic mass is 32.1. The van der Waals surface area contributed by atoms with Gasteiger partial charge in [-0.05, 0) is 55.3 Å². The topological polar surface area (TPSA) is 97.6 Å². The number of methoxy groups -OCH3 is 3. The smallest absolute Gasteiger partial charge is 0.338 e. The van der Waals surface area contributed by atoms with E-state index in [2.05, 4.69) is 6.58 Å². The van der Waals surface area contributed by atoms with Gasteiger partial charge in [0.15, 0.2) is 16.3 Å². The zero-order valence-electron chi connectivity index (χ0n) is 23.9. The number of nitrogens with zero attached hydrogens (tertiary/aromatic N) is 2. The first-order valence-electron chi connectivity index (χ1n) is 13.3. The average molecular weight is 579 g/mol. The van der Waals surface area contributed by atoms with Gasteiger partial charge in [-0.25, -0.2) is 9.79 Å². The van der Waals surface area contributed by atoms with Crippen LogP contribution in [0.1, 0.15) is 43.9 Å². The van der Waals surface area contributed by atoms with Crippen molar-refractivity contribution in [1.82, 2.24) is 4.57 Å². The number of carbonyl (C=O) groups excluding carboxylic acids is 1. The minimum absolute atomic E-state index is 0.183. The molecule has 1 aromatic heterocycles. The highest BCUT2D eigenvalue weighted by molar-refractivity contribution is 7.07. The molecule has 0 saturated carbocycles. The van der Waals surface area contributed by atoms with Crippen molar-refractivity contribution in [2.24, 2.45) is 4.99 Å². The van der Waals surface area contributed by atoms with E-state index >= 15 is 0 Å². The van der Waals surface area contributed by atoms with E-state index in [9.17, 15) is 9.59 Å². The van der Waals surface area contributed by atoms with E-state index in [1.807, 2.05) is 13.0 Å². The molecule has 3 aromatic rings. The van der Waals surface area contributed by atoms with Crippen molar-refractivity contribution >= 4 is 23.4 Å². The van der Waals surface area contributed by atoms with Gasteiger partial charge in [0.25, 0.3) is 5.56 Å². The molecule has 0 aliphatic carbocycles. The second-order valence-corrected chi connectivity index (χ2v) is 10.0. The number of rotatable bonds is 12. The van der Waals surface area contributed by atoms with E-state index in [-0.39, 0.29) is 12.2 Å². The Morgan fingerprint density at radius 2 is 1.80 bits per heavy atom. The van der Waals surface area contributed by atoms with Gasteiger partial charge in [0.05, 0.1) is 43.7 Å². The standard InChI is InChI=1S/C31H34N2O7S/c1-7-10-22-27(30(35)39-9-3)28(21-18-20(36-4)12-14-23(21)37-5)33-29(34)26(41-31(33)32-22)17-19-11-13-24(40-15-8-2)25(16-19)38-6/h8,11-14,16-18,28H,2,7,9-10,15H2,1,3-6H3/b26-17-/t28-/m0/s1. The predicted molar refractivity (Wildman–Crippen MR) is 158 cm³/mol. The van der Waals surface area contributed by atoms with Crippen LogP contribution in [0.25, 0.3) is 6.08 Å². The molecule has 2 aromatic carbocycles. The molecule has 1 aliphatic heterocycles. The van der Waals surface area contributed by atoms with Gasteiger partial charge in [0, 0.05) is 5.56 Å². The first kappa shape index (κ1) is 29.7. The SMILES string of the molecule is C=CCOc1ccc(/C=c2\sc3n(c2=O)[C@@H](c2cc(OC)ccc2OC)C(C(=O)OCC)=C(CCC)N=3)cc1OC. The molecule has 0 spiro atoms. The van der Waals surface area contributed by atoms with Gasteiger partial charge in [-0.1, -0.05) is 43.4 Å². The highest BCUT2D eigenvalue weighted by Crippen LogP contribution is 2.38. The number of benzene rings is 2. The fourth-order valence-corrected chi connectivity index (χ4v) is 5.68. The zero-order valence-corrected chi connectivity index (χ0v) is 24.7. The molecule has 0 saturated heterocycles. The predicted octanol–water partition coefficient (Wildman–Crippen LogP) is 4.17. The maximum absolute atomic E-state index is 14.1. The maximum Gasteiger partial charge on any atom is 0.338 e. The van der Waals surface area contributed by atoms with Crippen molar-refractivity contribution in [3.63, 3.8) is 0 Å². The Morgan fingerprint density at radius 3 is 2.46 bits per heavy atom. The molecular formula is C31H34N2O7S. The van der Waals surface area contributed by atoms with Crippen LogP contribution in [0.4, 0.5) is 0 Å². The molecule has 2 heterocycles. The molecule has 9 nitrogen and oxygen atoms in total. The van der Waals surface area contributed by atoms with E-state index in [1.54, 1.807) is 70.7 Å². The summed E-state index contributed by atoms with van der Waals surface area (Å²) in [7, 11) is 4.66. The third kappa shape index (κ3) is 6.07. The van der Waals surface area contributed by atoms with Gasteiger partial charge in [0.2, 0.25) is 0 Å². The van der Waals surface area contributed by atoms with Crippen LogP contribution >= 0.6 is 11.3 Å². The first-order chi connectivity index (χ1) is 19.9. The van der Waals surface area contributed by atoms with Gasteiger partial charge in [0.1, 0.15) is 24.1 Å². The number of carbonyl (C=O) groups is 1. The number of ether oxygens (including phenoxy) is 5. The summed E-state index contributed by atoms with van der Waals surface area (Å²) in [6.07, 6.45) is 4.71. The lowest BCUT2D eigenvalue weighted by Crippen LogP contribution is -2.40. The highest BCUT2D eigenvalue weighted by Gasteiger charge is 2.36. The Balaban J connectivity index is 1.98. The first-order valence-corrected chi connectivity index (χ1v) is 14.1. The van der Waals surface area contributed by atoms with Crippen molar-refractivity contribution in [2.45, 2.75) is 32.7 Å². The molecule has 0 radical (unpaired) electrons. The van der Waals surface area contributed by atoms with Crippen molar-refractivity contribution < 1.29 is 28.5 Å². The summed E-state index contributed by atoms with van der Waals surface area (Å²) in [5, 5.41) is 0. The van der Waals surface area contributed by atoms with Crippen LogP contribution < -0.4 is 33.8 Å². The van der Waals surface area contributed by atoms with E-state index in [0.29, 0.717) is 62.2 Å². The lowest BCUT2D eigenvalue weighted by atomic mass is 9.93. The third-order valence-corrected chi connectivity index (χ3v) is 7.45. The molecule has 0 amide bonds. The quantitative estimate of drug-likeness (QED) is 0.235. The van der Waals surface area contributed by atoms with Crippen molar-refractivity contribution in [1.29, 1.82) is 0 Å². The van der Waals surface area contributed by atoms with Crippen LogP contribution in [0, 0.1) is 0 Å². The Morgan fingerprint density at radius 1 is 1.05 bits per heavy atom. The summed E-state index contributed by atoms with van der Waals surface area (Å²) >= 11 is 1.25. The van der Waals surface area contributed by atoms with E-state index < -0.39 is 12.0 Å². The Hall–Kier alpha value is -4.31. The van der Waals surface area contributed by atoms with Gasteiger partial charge < -0.3 is 23.7 Å².